The van der Waals surface area contributed by atoms with Crippen molar-refractivity contribution in [1.29, 1.82) is 0 Å². The van der Waals surface area contributed by atoms with Crippen molar-refractivity contribution in [3.8, 4) is 0 Å². The summed E-state index contributed by atoms with van der Waals surface area (Å²) in [7, 11) is 0. The molecule has 0 aromatic heterocycles. The van der Waals surface area contributed by atoms with Crippen LogP contribution in [0.25, 0.3) is 0 Å². The van der Waals surface area contributed by atoms with Crippen LogP contribution in [0.2, 0.25) is 0 Å². The number of carbonyl (C=O) groups excluding carboxylic acids is 1. The van der Waals surface area contributed by atoms with Gasteiger partial charge in [0.05, 0.1) is 0 Å². The molecule has 1 aliphatic rings. The minimum atomic E-state index is -1.31. The number of carbonyl (C=O) groups is 2. The number of hydrogen-bond donors (Lipinski definition) is 1. The third-order valence-electron chi connectivity index (χ3n) is 5.34. The molecule has 0 radical (unpaired) electrons. The highest BCUT2D eigenvalue weighted by Crippen LogP contribution is 2.40. The molecule has 0 bridgehead atoms. The van der Waals surface area contributed by atoms with E-state index < -0.39 is 23.0 Å². The number of hydrogen-bond acceptors (Lipinski definition) is 3. The smallest absolute Gasteiger partial charge is 0.324 e. The van der Waals surface area contributed by atoms with E-state index in [0.717, 1.165) is 57.8 Å². The van der Waals surface area contributed by atoms with Crippen LogP contribution in [0, 0.1) is 5.41 Å². The molecule has 0 unspecified atom stereocenters. The van der Waals surface area contributed by atoms with E-state index in [9.17, 15) is 14.7 Å². The molecule has 4 heteroatoms. The summed E-state index contributed by atoms with van der Waals surface area (Å²) in [5.41, 5.74) is -1.80. The summed E-state index contributed by atoms with van der Waals surface area (Å²) in [6.45, 7) is 6.20. The van der Waals surface area contributed by atoms with E-state index in [0.29, 0.717) is 12.8 Å². The van der Waals surface area contributed by atoms with Crippen LogP contribution < -0.4 is 0 Å². The maximum absolute atomic E-state index is 12.7. The Morgan fingerprint density at radius 2 is 1.64 bits per heavy atom. The summed E-state index contributed by atoms with van der Waals surface area (Å²) >= 11 is 0. The van der Waals surface area contributed by atoms with Gasteiger partial charge in [0, 0.05) is 0 Å². The van der Waals surface area contributed by atoms with Crippen molar-refractivity contribution in [2.45, 2.75) is 97.0 Å². The lowest BCUT2D eigenvalue weighted by Crippen LogP contribution is -2.46. The first-order valence-electron chi connectivity index (χ1n) is 8.93. The molecule has 0 saturated heterocycles. The van der Waals surface area contributed by atoms with Crippen molar-refractivity contribution in [2.24, 2.45) is 5.41 Å². The SMILES string of the molecule is CCCCCC(CC)(CC)OC(=O)C1(C(=O)O)CCCCC1. The largest absolute Gasteiger partial charge is 0.480 e. The topological polar surface area (TPSA) is 63.6 Å². The third-order valence-corrected chi connectivity index (χ3v) is 5.34. The number of unbranched alkanes of at least 4 members (excludes halogenated alkanes) is 2. The molecule has 0 amide bonds. The Hall–Kier alpha value is -1.06. The average Bonchev–Trinajstić information content (AvgIpc) is 2.54. The normalized spacial score (nSPS) is 18.0. The van der Waals surface area contributed by atoms with Crippen LogP contribution in [0.5, 0.6) is 0 Å². The van der Waals surface area contributed by atoms with Gasteiger partial charge in [-0.1, -0.05) is 52.9 Å². The van der Waals surface area contributed by atoms with Crippen LogP contribution in [0.4, 0.5) is 0 Å². The van der Waals surface area contributed by atoms with Gasteiger partial charge in [0.25, 0.3) is 0 Å². The number of ether oxygens (including phenoxy) is 1. The van der Waals surface area contributed by atoms with E-state index in [1.165, 1.54) is 0 Å². The van der Waals surface area contributed by atoms with E-state index >= 15 is 0 Å². The number of esters is 1. The lowest BCUT2D eigenvalue weighted by Gasteiger charge is -2.37. The predicted octanol–water partition coefficient (Wildman–Crippen LogP) is 4.70. The minimum absolute atomic E-state index is 0.416. The molecule has 0 aliphatic heterocycles. The first-order valence-corrected chi connectivity index (χ1v) is 8.93. The molecular formula is C18H32O4. The van der Waals surface area contributed by atoms with Crippen LogP contribution in [-0.2, 0) is 14.3 Å². The molecule has 4 nitrogen and oxygen atoms in total. The summed E-state index contributed by atoms with van der Waals surface area (Å²) in [4.78, 5) is 24.5. The van der Waals surface area contributed by atoms with Crippen LogP contribution in [-0.4, -0.2) is 22.6 Å². The van der Waals surface area contributed by atoms with Crippen molar-refractivity contribution in [3.63, 3.8) is 0 Å². The highest BCUT2D eigenvalue weighted by Gasteiger charge is 2.50. The van der Waals surface area contributed by atoms with Gasteiger partial charge >= 0.3 is 11.9 Å². The molecule has 0 atom stereocenters. The van der Waals surface area contributed by atoms with Gasteiger partial charge in [0.2, 0.25) is 0 Å². The molecule has 1 saturated carbocycles. The van der Waals surface area contributed by atoms with Crippen molar-refractivity contribution < 1.29 is 19.4 Å². The summed E-state index contributed by atoms with van der Waals surface area (Å²) in [5, 5.41) is 9.61. The Kier molecular flexibility index (Phi) is 7.37. The van der Waals surface area contributed by atoms with Crippen LogP contribution in [0.1, 0.15) is 91.4 Å². The first kappa shape index (κ1) is 19.0. The van der Waals surface area contributed by atoms with E-state index in [4.69, 9.17) is 4.74 Å². The molecule has 0 spiro atoms. The van der Waals surface area contributed by atoms with Crippen LogP contribution in [0.3, 0.4) is 0 Å². The predicted molar refractivity (Wildman–Crippen MR) is 86.7 cm³/mol. The number of carboxylic acids is 1. The zero-order valence-electron chi connectivity index (χ0n) is 14.5. The molecule has 0 heterocycles. The molecule has 1 rings (SSSR count). The monoisotopic (exact) mass is 312 g/mol. The van der Waals surface area contributed by atoms with Gasteiger partial charge in [-0.15, -0.1) is 0 Å². The Bertz CT molecular complexity index is 365. The minimum Gasteiger partial charge on any atom is -0.480 e. The summed E-state index contributed by atoms with van der Waals surface area (Å²) in [5.74, 6) is -1.51. The maximum atomic E-state index is 12.7. The zero-order valence-corrected chi connectivity index (χ0v) is 14.5. The summed E-state index contributed by atoms with van der Waals surface area (Å²) in [6.07, 6.45) is 9.00. The Morgan fingerprint density at radius 3 is 2.09 bits per heavy atom. The third kappa shape index (κ3) is 4.23. The molecule has 0 aromatic rings. The van der Waals surface area contributed by atoms with Gasteiger partial charge in [-0.05, 0) is 38.5 Å². The van der Waals surface area contributed by atoms with Gasteiger partial charge in [-0.3, -0.25) is 9.59 Å². The quantitative estimate of drug-likeness (QED) is 0.380. The first-order chi connectivity index (χ1) is 10.5. The average molecular weight is 312 g/mol. The van der Waals surface area contributed by atoms with Gasteiger partial charge in [0.15, 0.2) is 5.41 Å². The summed E-state index contributed by atoms with van der Waals surface area (Å²) < 4.78 is 5.87. The van der Waals surface area contributed by atoms with Gasteiger partial charge in [-0.2, -0.15) is 0 Å². The van der Waals surface area contributed by atoms with Gasteiger partial charge in [-0.25, -0.2) is 0 Å². The van der Waals surface area contributed by atoms with Crippen LogP contribution >= 0.6 is 0 Å². The molecule has 1 aliphatic carbocycles. The molecule has 0 aromatic carbocycles. The van der Waals surface area contributed by atoms with Gasteiger partial charge in [0.1, 0.15) is 5.60 Å². The number of aliphatic carboxylic acids is 1. The van der Waals surface area contributed by atoms with Gasteiger partial charge < -0.3 is 9.84 Å². The Balaban J connectivity index is 2.85. The van der Waals surface area contributed by atoms with E-state index in [1.54, 1.807) is 0 Å². The second-order valence-corrected chi connectivity index (χ2v) is 6.68. The Morgan fingerprint density at radius 1 is 1.05 bits per heavy atom. The fraction of sp³-hybridized carbons (Fsp3) is 0.889. The second kappa shape index (κ2) is 8.54. The molecule has 1 N–H and O–H groups in total. The number of carboxylic acid groups (broad SMARTS) is 1. The zero-order chi connectivity index (χ0) is 16.6. The fourth-order valence-electron chi connectivity index (χ4n) is 3.45. The molecule has 22 heavy (non-hydrogen) atoms. The van der Waals surface area contributed by atoms with E-state index in [2.05, 4.69) is 6.92 Å². The number of rotatable bonds is 9. The lowest BCUT2D eigenvalue weighted by atomic mass is 9.74. The maximum Gasteiger partial charge on any atom is 0.324 e. The lowest BCUT2D eigenvalue weighted by molar-refractivity contribution is -0.184. The molecule has 128 valence electrons. The summed E-state index contributed by atoms with van der Waals surface area (Å²) in [6, 6.07) is 0. The van der Waals surface area contributed by atoms with Crippen molar-refractivity contribution in [3.05, 3.63) is 0 Å². The van der Waals surface area contributed by atoms with E-state index in [1.807, 2.05) is 13.8 Å². The van der Waals surface area contributed by atoms with Crippen LogP contribution in [0.15, 0.2) is 0 Å². The highest BCUT2D eigenvalue weighted by molar-refractivity contribution is 5.99. The molecular weight excluding hydrogens is 280 g/mol. The Labute approximate surface area is 134 Å². The van der Waals surface area contributed by atoms with E-state index in [-0.39, 0.29) is 0 Å². The van der Waals surface area contributed by atoms with Crippen molar-refractivity contribution in [1.82, 2.24) is 0 Å². The second-order valence-electron chi connectivity index (χ2n) is 6.68. The van der Waals surface area contributed by atoms with Crippen molar-refractivity contribution >= 4 is 11.9 Å². The fourth-order valence-corrected chi connectivity index (χ4v) is 3.45. The highest BCUT2D eigenvalue weighted by atomic mass is 16.6. The van der Waals surface area contributed by atoms with Crippen molar-refractivity contribution in [2.75, 3.05) is 0 Å². The standard InChI is InChI=1S/C18H32O4/c1-4-7-9-12-17(5-2,6-3)22-16(21)18(15(19)20)13-10-8-11-14-18/h4-14H2,1-3H3,(H,19,20). The molecule has 1 fully saturated rings.